The third-order valence-corrected chi connectivity index (χ3v) is 10.7. The predicted molar refractivity (Wildman–Crippen MR) is 125 cm³/mol. The molecule has 5 unspecified atom stereocenters. The monoisotopic (exact) mass is 485 g/mol. The summed E-state index contributed by atoms with van der Waals surface area (Å²) in [6.45, 7) is 3.87. The summed E-state index contributed by atoms with van der Waals surface area (Å²) in [7, 11) is -4.14. The molecule has 0 bridgehead atoms. The molecule has 1 aromatic rings. The lowest BCUT2D eigenvalue weighted by molar-refractivity contribution is -0.177. The first-order valence-electron chi connectivity index (χ1n) is 11.9. The van der Waals surface area contributed by atoms with Gasteiger partial charge in [0, 0.05) is 16.7 Å². The van der Waals surface area contributed by atoms with Crippen molar-refractivity contribution in [3.05, 3.63) is 54.1 Å². The normalized spacial score (nSPS) is 41.2. The smallest absolute Gasteiger partial charge is 0.266 e. The first-order valence-corrected chi connectivity index (χ1v) is 13.4. The molecule has 3 saturated carbocycles. The lowest BCUT2D eigenvalue weighted by atomic mass is 9.46. The van der Waals surface area contributed by atoms with E-state index >= 15 is 0 Å². The van der Waals surface area contributed by atoms with Crippen LogP contribution in [-0.2, 0) is 19.6 Å². The Labute approximate surface area is 200 Å². The molecule has 0 radical (unpaired) electrons. The van der Waals surface area contributed by atoms with Crippen molar-refractivity contribution >= 4 is 21.7 Å². The van der Waals surface area contributed by atoms with Crippen LogP contribution < -0.4 is 4.72 Å². The molecule has 0 spiro atoms. The first kappa shape index (κ1) is 23.5. The number of ketones is 1. The minimum absolute atomic E-state index is 0.0346. The molecule has 34 heavy (non-hydrogen) atoms. The number of amides is 1. The third-order valence-electron chi connectivity index (χ3n) is 9.30. The fourth-order valence-corrected chi connectivity index (χ4v) is 8.61. The number of nitrogens with one attached hydrogen (secondary N) is 1. The Morgan fingerprint density at radius 2 is 1.85 bits per heavy atom. The maximum Gasteiger partial charge on any atom is 0.266 e. The van der Waals surface area contributed by atoms with Crippen LogP contribution in [0.1, 0.15) is 46.0 Å². The molecule has 0 heterocycles. The van der Waals surface area contributed by atoms with Gasteiger partial charge >= 0.3 is 0 Å². The number of aliphatic hydroxyl groups excluding tert-OH is 1. The van der Waals surface area contributed by atoms with Gasteiger partial charge in [-0.25, -0.2) is 13.1 Å². The van der Waals surface area contributed by atoms with E-state index in [0.717, 1.165) is 18.4 Å². The molecule has 1 amide bonds. The van der Waals surface area contributed by atoms with Gasteiger partial charge in [-0.1, -0.05) is 43.7 Å². The molecule has 0 saturated heterocycles. The quantitative estimate of drug-likeness (QED) is 0.605. The molecule has 0 aromatic heterocycles. The predicted octanol–water partition coefficient (Wildman–Crippen LogP) is 2.50. The maximum atomic E-state index is 13.3. The van der Waals surface area contributed by atoms with Gasteiger partial charge < -0.3 is 10.2 Å². The zero-order valence-corrected chi connectivity index (χ0v) is 20.2. The SMILES string of the molecule is CC12C=CC(=O)C=C1CCC1C2[C@@H](O)CC2(C)C1CC[C@]2(O)C(=O)NS(=O)(=O)c1ccccc1. The van der Waals surface area contributed by atoms with Crippen molar-refractivity contribution in [3.8, 4) is 0 Å². The van der Waals surface area contributed by atoms with Gasteiger partial charge in [0.2, 0.25) is 0 Å². The molecule has 5 rings (SSSR count). The van der Waals surface area contributed by atoms with E-state index in [9.17, 15) is 28.2 Å². The lowest BCUT2D eigenvalue weighted by Crippen LogP contribution is -2.63. The van der Waals surface area contributed by atoms with Gasteiger partial charge in [0.1, 0.15) is 5.60 Å². The summed E-state index contributed by atoms with van der Waals surface area (Å²) in [6, 6.07) is 7.60. The highest BCUT2D eigenvalue weighted by molar-refractivity contribution is 7.90. The standard InChI is InChI=1S/C26H31NO6S/c1-24-12-10-17(28)14-16(24)8-9-19-20-11-13-26(31,25(20,2)15-21(29)22(19)24)23(30)27-34(32,33)18-6-4-3-5-7-18/h3-7,10,12,14,19-22,29,31H,8-9,11,13,15H2,1-2H3,(H,27,30)/t19?,20?,21-,22?,24?,25?,26-/m0/s1. The van der Waals surface area contributed by atoms with E-state index in [4.69, 9.17) is 0 Å². The van der Waals surface area contributed by atoms with Gasteiger partial charge in [0.25, 0.3) is 15.9 Å². The van der Waals surface area contributed by atoms with Crippen molar-refractivity contribution in [2.45, 2.75) is 62.6 Å². The number of hydrogen-bond acceptors (Lipinski definition) is 6. The van der Waals surface area contributed by atoms with Crippen molar-refractivity contribution in [1.82, 2.24) is 4.72 Å². The molecule has 1 aromatic carbocycles. The van der Waals surface area contributed by atoms with E-state index in [-0.39, 0.29) is 41.3 Å². The Morgan fingerprint density at radius 3 is 2.56 bits per heavy atom. The van der Waals surface area contributed by atoms with Crippen LogP contribution >= 0.6 is 0 Å². The Morgan fingerprint density at radius 1 is 1.15 bits per heavy atom. The van der Waals surface area contributed by atoms with Crippen molar-refractivity contribution in [2.75, 3.05) is 0 Å². The van der Waals surface area contributed by atoms with Crippen LogP contribution in [0.3, 0.4) is 0 Å². The molecule has 4 aliphatic carbocycles. The Kier molecular flexibility index (Phi) is 5.24. The molecule has 3 fully saturated rings. The summed E-state index contributed by atoms with van der Waals surface area (Å²) in [5.41, 5.74) is -2.31. The minimum Gasteiger partial charge on any atom is -0.393 e. The topological polar surface area (TPSA) is 121 Å². The Bertz CT molecular complexity index is 1210. The first-order chi connectivity index (χ1) is 15.9. The highest BCUT2D eigenvalue weighted by atomic mass is 32.2. The fourth-order valence-electron chi connectivity index (χ4n) is 7.57. The number of rotatable bonds is 3. The molecular formula is C26H31NO6S. The molecule has 7 atom stereocenters. The second-order valence-electron chi connectivity index (χ2n) is 10.9. The number of hydrogen-bond donors (Lipinski definition) is 3. The van der Waals surface area contributed by atoms with Gasteiger partial charge in [0.15, 0.2) is 5.78 Å². The average molecular weight is 486 g/mol. The van der Waals surface area contributed by atoms with E-state index in [1.165, 1.54) is 12.1 Å². The second kappa shape index (κ2) is 7.60. The van der Waals surface area contributed by atoms with Crippen LogP contribution in [0.25, 0.3) is 0 Å². The number of benzene rings is 1. The molecule has 3 N–H and O–H groups in total. The Hall–Kier alpha value is -2.29. The van der Waals surface area contributed by atoms with Crippen LogP contribution in [0.5, 0.6) is 0 Å². The van der Waals surface area contributed by atoms with Crippen LogP contribution in [0.4, 0.5) is 0 Å². The summed E-state index contributed by atoms with van der Waals surface area (Å²) in [6.07, 6.45) is 6.71. The molecule has 0 aliphatic heterocycles. The maximum absolute atomic E-state index is 13.3. The zero-order valence-electron chi connectivity index (χ0n) is 19.4. The van der Waals surface area contributed by atoms with Crippen LogP contribution in [0, 0.1) is 28.6 Å². The van der Waals surface area contributed by atoms with Crippen LogP contribution in [0.2, 0.25) is 0 Å². The summed E-state index contributed by atoms with van der Waals surface area (Å²) < 4.78 is 27.7. The number of carbonyl (C=O) groups is 2. The van der Waals surface area contributed by atoms with E-state index in [1.54, 1.807) is 30.4 Å². The van der Waals surface area contributed by atoms with Crippen molar-refractivity contribution in [2.24, 2.45) is 28.6 Å². The van der Waals surface area contributed by atoms with Crippen molar-refractivity contribution < 1.29 is 28.2 Å². The number of sulfonamides is 1. The van der Waals surface area contributed by atoms with Crippen LogP contribution in [-0.4, -0.2) is 42.0 Å². The molecule has 4 aliphatic rings. The van der Waals surface area contributed by atoms with Gasteiger partial charge in [0.05, 0.1) is 11.0 Å². The molecular weight excluding hydrogens is 454 g/mol. The fraction of sp³-hybridized carbons (Fsp3) is 0.538. The number of fused-ring (bicyclic) bond motifs is 5. The van der Waals surface area contributed by atoms with E-state index in [0.29, 0.717) is 6.42 Å². The largest absolute Gasteiger partial charge is 0.393 e. The number of aliphatic hydroxyl groups is 2. The summed E-state index contributed by atoms with van der Waals surface area (Å²) >= 11 is 0. The third kappa shape index (κ3) is 3.18. The van der Waals surface area contributed by atoms with Gasteiger partial charge in [-0.3, -0.25) is 9.59 Å². The van der Waals surface area contributed by atoms with Crippen molar-refractivity contribution in [3.63, 3.8) is 0 Å². The summed E-state index contributed by atoms with van der Waals surface area (Å²) in [5.74, 6) is -1.11. The second-order valence-corrected chi connectivity index (χ2v) is 12.5. The van der Waals surface area contributed by atoms with Crippen molar-refractivity contribution in [1.29, 1.82) is 0 Å². The number of allylic oxidation sites excluding steroid dienone is 4. The average Bonchev–Trinajstić information content (AvgIpc) is 3.06. The van der Waals surface area contributed by atoms with Gasteiger partial charge in [-0.2, -0.15) is 0 Å². The van der Waals surface area contributed by atoms with E-state index < -0.39 is 38.5 Å². The summed E-state index contributed by atoms with van der Waals surface area (Å²) in [4.78, 5) is 25.2. The van der Waals surface area contributed by atoms with E-state index in [1.807, 2.05) is 13.0 Å². The summed E-state index contributed by atoms with van der Waals surface area (Å²) in [5, 5.41) is 23.1. The lowest BCUT2D eigenvalue weighted by Gasteiger charge is -2.59. The van der Waals surface area contributed by atoms with Gasteiger partial charge in [-0.05, 0) is 68.2 Å². The minimum atomic E-state index is -4.14. The molecule has 8 heteroatoms. The molecule has 7 nitrogen and oxygen atoms in total. The zero-order chi connectivity index (χ0) is 24.5. The van der Waals surface area contributed by atoms with Crippen LogP contribution in [0.15, 0.2) is 59.0 Å². The highest BCUT2D eigenvalue weighted by Crippen LogP contribution is 2.67. The Balaban J connectivity index is 1.46. The van der Waals surface area contributed by atoms with E-state index in [2.05, 4.69) is 11.6 Å². The van der Waals surface area contributed by atoms with Gasteiger partial charge in [-0.15, -0.1) is 0 Å². The number of carbonyl (C=O) groups excluding carboxylic acids is 2. The molecule has 182 valence electrons. The highest BCUT2D eigenvalue weighted by Gasteiger charge is 2.68.